The summed E-state index contributed by atoms with van der Waals surface area (Å²) in [7, 11) is 1.47. The van der Waals surface area contributed by atoms with Crippen LogP contribution in [0.25, 0.3) is 0 Å². The number of aromatic nitrogens is 2. The van der Waals surface area contributed by atoms with E-state index < -0.39 is 11.7 Å². The van der Waals surface area contributed by atoms with Gasteiger partial charge in [0.05, 0.1) is 24.6 Å². The van der Waals surface area contributed by atoms with Crippen LogP contribution >= 0.6 is 0 Å². The van der Waals surface area contributed by atoms with Crippen molar-refractivity contribution in [1.82, 2.24) is 10.2 Å². The number of methoxy groups -OCH3 is 1. The van der Waals surface area contributed by atoms with Gasteiger partial charge in [0.2, 0.25) is 0 Å². The van der Waals surface area contributed by atoms with E-state index >= 15 is 0 Å². The largest absolute Gasteiger partial charge is 0.497 e. The van der Waals surface area contributed by atoms with Crippen molar-refractivity contribution in [3.05, 3.63) is 42.0 Å². The number of ether oxygens (including phenoxy) is 1. The number of H-pyrrole nitrogens is 1. The molecule has 0 spiro atoms. The highest BCUT2D eigenvalue weighted by atomic mass is 19.1. The van der Waals surface area contributed by atoms with E-state index in [0.717, 1.165) is 0 Å². The summed E-state index contributed by atoms with van der Waals surface area (Å²) < 4.78 is 18.4. The minimum Gasteiger partial charge on any atom is -0.497 e. The predicted molar refractivity (Wildman–Crippen MR) is 59.5 cm³/mol. The van der Waals surface area contributed by atoms with Crippen molar-refractivity contribution in [1.29, 1.82) is 0 Å². The topological polar surface area (TPSA) is 67.0 Å². The van der Waals surface area contributed by atoms with E-state index in [1.54, 1.807) is 0 Å². The summed E-state index contributed by atoms with van der Waals surface area (Å²) >= 11 is 0. The second kappa shape index (κ2) is 4.65. The van der Waals surface area contributed by atoms with Gasteiger partial charge in [0.25, 0.3) is 5.91 Å². The van der Waals surface area contributed by atoms with Gasteiger partial charge in [0.1, 0.15) is 11.6 Å². The quantitative estimate of drug-likeness (QED) is 0.852. The van der Waals surface area contributed by atoms with Gasteiger partial charge in [-0.15, -0.1) is 0 Å². The van der Waals surface area contributed by atoms with Crippen LogP contribution in [0.4, 0.5) is 10.1 Å². The van der Waals surface area contributed by atoms with Gasteiger partial charge in [-0.2, -0.15) is 5.10 Å². The molecule has 0 unspecified atom stereocenters. The molecule has 0 aliphatic carbocycles. The molecule has 0 aliphatic rings. The minimum absolute atomic E-state index is 0.0653. The maximum absolute atomic E-state index is 13.4. The molecule has 0 saturated carbocycles. The summed E-state index contributed by atoms with van der Waals surface area (Å²) in [6.45, 7) is 0. The Hall–Kier alpha value is -2.37. The van der Waals surface area contributed by atoms with E-state index in [-0.39, 0.29) is 5.69 Å². The summed E-state index contributed by atoms with van der Waals surface area (Å²) in [4.78, 5) is 11.6. The minimum atomic E-state index is -0.525. The number of halogens is 1. The molecule has 0 aliphatic heterocycles. The molecule has 1 amide bonds. The molecule has 5 nitrogen and oxygen atoms in total. The van der Waals surface area contributed by atoms with Gasteiger partial charge in [-0.1, -0.05) is 0 Å². The van der Waals surface area contributed by atoms with Crippen molar-refractivity contribution in [3.63, 3.8) is 0 Å². The first-order valence-electron chi connectivity index (χ1n) is 4.84. The average Bonchev–Trinajstić information content (AvgIpc) is 2.85. The Morgan fingerprint density at radius 3 is 3.00 bits per heavy atom. The van der Waals surface area contributed by atoms with Crippen LogP contribution in [0.1, 0.15) is 10.4 Å². The molecule has 0 atom stereocenters. The number of nitrogens with one attached hydrogen (secondary N) is 2. The molecule has 1 aromatic carbocycles. The summed E-state index contributed by atoms with van der Waals surface area (Å²) in [5.74, 6) is -0.498. The zero-order valence-corrected chi connectivity index (χ0v) is 9.03. The number of nitrogens with zero attached hydrogens (tertiary/aromatic N) is 1. The van der Waals surface area contributed by atoms with Crippen molar-refractivity contribution in [2.75, 3.05) is 12.4 Å². The van der Waals surface area contributed by atoms with E-state index in [9.17, 15) is 9.18 Å². The Balaban J connectivity index is 2.21. The molecule has 17 heavy (non-hydrogen) atoms. The fourth-order valence-electron chi connectivity index (χ4n) is 1.30. The van der Waals surface area contributed by atoms with Gasteiger partial charge in [0, 0.05) is 12.3 Å². The molecule has 0 saturated heterocycles. The van der Waals surface area contributed by atoms with E-state index in [1.165, 1.54) is 37.7 Å². The summed E-state index contributed by atoms with van der Waals surface area (Å²) in [5, 5.41) is 8.57. The maximum Gasteiger partial charge on any atom is 0.258 e. The molecule has 2 N–H and O–H groups in total. The zero-order valence-electron chi connectivity index (χ0n) is 9.03. The maximum atomic E-state index is 13.4. The lowest BCUT2D eigenvalue weighted by Crippen LogP contribution is -2.12. The number of amides is 1. The monoisotopic (exact) mass is 235 g/mol. The molecule has 2 aromatic rings. The second-order valence-corrected chi connectivity index (χ2v) is 3.29. The standard InChI is InChI=1S/C11H10FN3O2/c1-17-8-2-3-9(12)10(4-8)15-11(16)7-5-13-14-6-7/h2-6H,1H3,(H,13,14)(H,15,16). The Labute approximate surface area is 96.6 Å². The van der Waals surface area contributed by atoms with Crippen LogP contribution in [0.5, 0.6) is 5.75 Å². The third kappa shape index (κ3) is 2.41. The number of carbonyl (C=O) groups excluding carboxylic acids is 1. The summed E-state index contributed by atoms with van der Waals surface area (Å²) in [6.07, 6.45) is 2.78. The highest BCUT2D eigenvalue weighted by Crippen LogP contribution is 2.21. The summed E-state index contributed by atoms with van der Waals surface area (Å²) in [6, 6.07) is 4.11. The molecule has 1 aromatic heterocycles. The SMILES string of the molecule is COc1ccc(F)c(NC(=O)c2cn[nH]c2)c1. The Kier molecular flexibility index (Phi) is 3.04. The van der Waals surface area contributed by atoms with Crippen LogP contribution < -0.4 is 10.1 Å². The predicted octanol–water partition coefficient (Wildman–Crippen LogP) is 1.81. The van der Waals surface area contributed by atoms with Crippen molar-refractivity contribution in [3.8, 4) is 5.75 Å². The van der Waals surface area contributed by atoms with E-state index in [4.69, 9.17) is 4.74 Å². The van der Waals surface area contributed by atoms with Crippen LogP contribution in [0.2, 0.25) is 0 Å². The third-order valence-electron chi connectivity index (χ3n) is 2.18. The first-order chi connectivity index (χ1) is 8.20. The van der Waals surface area contributed by atoms with E-state index in [0.29, 0.717) is 11.3 Å². The van der Waals surface area contributed by atoms with Crippen LogP contribution in [-0.4, -0.2) is 23.2 Å². The molecule has 6 heteroatoms. The van der Waals surface area contributed by atoms with Crippen molar-refractivity contribution in [2.24, 2.45) is 0 Å². The second-order valence-electron chi connectivity index (χ2n) is 3.29. The van der Waals surface area contributed by atoms with Crippen LogP contribution in [0.15, 0.2) is 30.6 Å². The molecule has 88 valence electrons. The van der Waals surface area contributed by atoms with Crippen molar-refractivity contribution >= 4 is 11.6 Å². The van der Waals surface area contributed by atoms with E-state index in [1.807, 2.05) is 0 Å². The normalized spacial score (nSPS) is 10.0. The smallest absolute Gasteiger partial charge is 0.258 e. The average molecular weight is 235 g/mol. The van der Waals surface area contributed by atoms with Crippen molar-refractivity contribution in [2.45, 2.75) is 0 Å². The number of benzene rings is 1. The first kappa shape index (κ1) is 11.1. The number of carbonyl (C=O) groups is 1. The number of rotatable bonds is 3. The van der Waals surface area contributed by atoms with Crippen molar-refractivity contribution < 1.29 is 13.9 Å². The molecular formula is C11H10FN3O2. The molecule has 0 radical (unpaired) electrons. The lowest BCUT2D eigenvalue weighted by molar-refractivity contribution is 0.102. The zero-order chi connectivity index (χ0) is 12.3. The van der Waals surface area contributed by atoms with Gasteiger partial charge >= 0.3 is 0 Å². The number of hydrogen-bond acceptors (Lipinski definition) is 3. The summed E-state index contributed by atoms with van der Waals surface area (Å²) in [5.41, 5.74) is 0.391. The van der Waals surface area contributed by atoms with Crippen LogP contribution in [-0.2, 0) is 0 Å². The number of aromatic amines is 1. The van der Waals surface area contributed by atoms with Crippen LogP contribution in [0, 0.1) is 5.82 Å². The fourth-order valence-corrected chi connectivity index (χ4v) is 1.30. The number of hydrogen-bond donors (Lipinski definition) is 2. The highest BCUT2D eigenvalue weighted by Gasteiger charge is 2.10. The Morgan fingerprint density at radius 2 is 2.35 bits per heavy atom. The first-order valence-corrected chi connectivity index (χ1v) is 4.84. The molecule has 0 bridgehead atoms. The van der Waals surface area contributed by atoms with Gasteiger partial charge in [-0.25, -0.2) is 4.39 Å². The lowest BCUT2D eigenvalue weighted by atomic mass is 10.2. The van der Waals surface area contributed by atoms with Gasteiger partial charge < -0.3 is 10.1 Å². The lowest BCUT2D eigenvalue weighted by Gasteiger charge is -2.07. The molecule has 0 fully saturated rings. The molecular weight excluding hydrogens is 225 g/mol. The van der Waals surface area contributed by atoms with Gasteiger partial charge in [0.15, 0.2) is 0 Å². The Bertz CT molecular complexity index is 526. The molecule has 2 rings (SSSR count). The fraction of sp³-hybridized carbons (Fsp3) is 0.0909. The van der Waals surface area contributed by atoms with Gasteiger partial charge in [-0.3, -0.25) is 9.89 Å². The van der Waals surface area contributed by atoms with Crippen LogP contribution in [0.3, 0.4) is 0 Å². The highest BCUT2D eigenvalue weighted by molar-refractivity contribution is 6.04. The number of anilines is 1. The van der Waals surface area contributed by atoms with E-state index in [2.05, 4.69) is 15.5 Å². The van der Waals surface area contributed by atoms with Gasteiger partial charge in [-0.05, 0) is 12.1 Å². The third-order valence-corrected chi connectivity index (χ3v) is 2.18. The molecule has 1 heterocycles. The Morgan fingerprint density at radius 1 is 1.53 bits per heavy atom.